The molecule has 0 fully saturated rings. The first-order valence-corrected chi connectivity index (χ1v) is 4.25. The monoisotopic (exact) mass is 178 g/mol. The van der Waals surface area contributed by atoms with Crippen LogP contribution in [0.5, 0.6) is 0 Å². The van der Waals surface area contributed by atoms with Crippen LogP contribution in [0.25, 0.3) is 0 Å². The van der Waals surface area contributed by atoms with Crippen LogP contribution in [-0.2, 0) is 0 Å². The van der Waals surface area contributed by atoms with Gasteiger partial charge in [0.05, 0.1) is 0 Å². The molecule has 0 amide bonds. The molecule has 0 spiro atoms. The fourth-order valence-electron chi connectivity index (χ4n) is 0.823. The van der Waals surface area contributed by atoms with Gasteiger partial charge in [-0.3, -0.25) is 5.01 Å². The van der Waals surface area contributed by atoms with E-state index in [2.05, 4.69) is 5.43 Å². The number of hydrogen-bond acceptors (Lipinski definition) is 2. The van der Waals surface area contributed by atoms with E-state index < -0.39 is 6.55 Å². The zero-order chi connectivity index (χ0) is 9.56. The predicted octanol–water partition coefficient (Wildman–Crippen LogP) is 2.35. The molecule has 1 atom stereocenters. The van der Waals surface area contributed by atoms with E-state index in [9.17, 15) is 8.78 Å². The first kappa shape index (κ1) is 11.4. The predicted molar refractivity (Wildman–Crippen MR) is 45.5 cm³/mol. The molecule has 1 rings (SSSR count). The van der Waals surface area contributed by atoms with Crippen molar-refractivity contribution in [2.45, 2.75) is 39.8 Å². The Morgan fingerprint density at radius 2 is 2.08 bits per heavy atom. The lowest BCUT2D eigenvalue weighted by molar-refractivity contribution is -0.0230. The smallest absolute Gasteiger partial charge is 0.256 e. The van der Waals surface area contributed by atoms with Gasteiger partial charge in [0.15, 0.2) is 0 Å². The van der Waals surface area contributed by atoms with Gasteiger partial charge in [0, 0.05) is 12.2 Å². The molecule has 0 aromatic heterocycles. The molecule has 0 radical (unpaired) electrons. The van der Waals surface area contributed by atoms with Gasteiger partial charge < -0.3 is 0 Å². The molecule has 0 saturated heterocycles. The molecule has 0 aromatic rings. The first-order valence-electron chi connectivity index (χ1n) is 4.25. The van der Waals surface area contributed by atoms with Gasteiger partial charge in [-0.1, -0.05) is 20.8 Å². The molecule has 1 heterocycles. The third kappa shape index (κ3) is 3.17. The van der Waals surface area contributed by atoms with Gasteiger partial charge in [0.1, 0.15) is 0 Å². The van der Waals surface area contributed by atoms with Crippen molar-refractivity contribution >= 4 is 0 Å². The molecule has 0 saturated carbocycles. The molecule has 12 heavy (non-hydrogen) atoms. The maximum Gasteiger partial charge on any atom is 0.327 e. The first-order chi connectivity index (χ1) is 5.74. The van der Waals surface area contributed by atoms with E-state index >= 15 is 0 Å². The number of rotatable bonds is 2. The molecule has 1 aliphatic rings. The van der Waals surface area contributed by atoms with Crippen molar-refractivity contribution in [3.63, 3.8) is 0 Å². The van der Waals surface area contributed by atoms with Gasteiger partial charge in [0.25, 0.3) is 0 Å². The van der Waals surface area contributed by atoms with E-state index in [0.717, 1.165) is 11.4 Å². The molecule has 1 aliphatic heterocycles. The molecular formula is C8H16F2N2. The Hall–Kier alpha value is -0.640. The summed E-state index contributed by atoms with van der Waals surface area (Å²) in [6, 6.07) is 0.0778. The van der Waals surface area contributed by atoms with Gasteiger partial charge in [-0.2, -0.15) is 8.78 Å². The second-order valence-electron chi connectivity index (χ2n) is 2.17. The topological polar surface area (TPSA) is 15.3 Å². The van der Waals surface area contributed by atoms with Crippen molar-refractivity contribution in [3.05, 3.63) is 12.3 Å². The summed E-state index contributed by atoms with van der Waals surface area (Å²) in [7, 11) is 0. The van der Waals surface area contributed by atoms with Crippen molar-refractivity contribution < 1.29 is 8.78 Å². The summed E-state index contributed by atoms with van der Waals surface area (Å²) >= 11 is 0. The Balaban J connectivity index is 0.000000561. The minimum absolute atomic E-state index is 0.0778. The highest BCUT2D eigenvalue weighted by atomic mass is 19.3. The maximum atomic E-state index is 11.9. The summed E-state index contributed by atoms with van der Waals surface area (Å²) in [5, 5.41) is 0.814. The summed E-state index contributed by atoms with van der Waals surface area (Å²) in [6.07, 6.45) is 3.94. The molecule has 4 heteroatoms. The number of nitrogens with zero attached hydrogens (tertiary/aromatic N) is 1. The van der Waals surface area contributed by atoms with Crippen molar-refractivity contribution in [1.29, 1.82) is 0 Å². The zero-order valence-corrected chi connectivity index (χ0v) is 7.72. The summed E-state index contributed by atoms with van der Waals surface area (Å²) < 4.78 is 23.7. The van der Waals surface area contributed by atoms with Crippen LogP contribution in [0.4, 0.5) is 8.78 Å². The molecule has 1 unspecified atom stereocenters. The Labute approximate surface area is 72.2 Å². The zero-order valence-electron chi connectivity index (χ0n) is 7.72. The van der Waals surface area contributed by atoms with Crippen LogP contribution >= 0.6 is 0 Å². The van der Waals surface area contributed by atoms with E-state index in [1.165, 1.54) is 6.20 Å². The molecule has 0 aliphatic carbocycles. The number of hydrazine groups is 1. The molecule has 72 valence electrons. The van der Waals surface area contributed by atoms with E-state index in [0.29, 0.717) is 0 Å². The lowest BCUT2D eigenvalue weighted by Gasteiger charge is -2.17. The minimum atomic E-state index is -2.44. The van der Waals surface area contributed by atoms with Crippen LogP contribution in [0.2, 0.25) is 0 Å². The van der Waals surface area contributed by atoms with Gasteiger partial charge in [-0.05, 0) is 12.5 Å². The average Bonchev–Trinajstić information content (AvgIpc) is 2.55. The largest absolute Gasteiger partial charge is 0.327 e. The van der Waals surface area contributed by atoms with E-state index in [1.54, 1.807) is 6.08 Å². The van der Waals surface area contributed by atoms with Gasteiger partial charge >= 0.3 is 6.55 Å². The van der Waals surface area contributed by atoms with Crippen molar-refractivity contribution in [1.82, 2.24) is 10.4 Å². The summed E-state index contributed by atoms with van der Waals surface area (Å²) in [5.74, 6) is 0. The van der Waals surface area contributed by atoms with Crippen LogP contribution < -0.4 is 5.43 Å². The lowest BCUT2D eigenvalue weighted by atomic mass is 10.2. The van der Waals surface area contributed by atoms with Crippen molar-refractivity contribution in [3.8, 4) is 0 Å². The summed E-state index contributed by atoms with van der Waals surface area (Å²) in [5.41, 5.74) is 2.61. The van der Waals surface area contributed by atoms with Gasteiger partial charge in [-0.25, -0.2) is 5.43 Å². The Bertz CT molecular complexity index is 137. The van der Waals surface area contributed by atoms with Crippen LogP contribution in [0.1, 0.15) is 27.2 Å². The number of halogens is 2. The molecule has 0 aromatic carbocycles. The highest BCUT2D eigenvalue weighted by Crippen LogP contribution is 2.09. The third-order valence-electron chi connectivity index (χ3n) is 1.44. The van der Waals surface area contributed by atoms with E-state index in [4.69, 9.17) is 0 Å². The molecule has 0 bridgehead atoms. The highest BCUT2D eigenvalue weighted by molar-refractivity contribution is 4.97. The van der Waals surface area contributed by atoms with Crippen molar-refractivity contribution in [2.24, 2.45) is 0 Å². The summed E-state index contributed by atoms with van der Waals surface area (Å²) in [6.45, 7) is 3.50. The lowest BCUT2D eigenvalue weighted by Crippen LogP contribution is -2.38. The quantitative estimate of drug-likeness (QED) is 0.653. The van der Waals surface area contributed by atoms with Crippen LogP contribution in [0, 0.1) is 0 Å². The third-order valence-corrected chi connectivity index (χ3v) is 1.44. The Morgan fingerprint density at radius 3 is 2.33 bits per heavy atom. The van der Waals surface area contributed by atoms with Gasteiger partial charge in [-0.15, -0.1) is 0 Å². The summed E-state index contributed by atoms with van der Waals surface area (Å²) in [4.78, 5) is 0. The van der Waals surface area contributed by atoms with E-state index in [-0.39, 0.29) is 6.04 Å². The SMILES string of the molecule is CC.CCC1C=CN(C(F)F)N1. The van der Waals surface area contributed by atoms with Crippen LogP contribution in [0.3, 0.4) is 0 Å². The number of alkyl halides is 2. The normalized spacial score (nSPS) is 21.2. The molecular weight excluding hydrogens is 162 g/mol. The average molecular weight is 178 g/mol. The Kier molecular flexibility index (Phi) is 5.62. The standard InChI is InChI=1S/C6H10F2N2.C2H6/c1-2-5-3-4-10(9-5)6(7)8;1-2/h3-6,9H,2H2,1H3;1-2H3. The second kappa shape index (κ2) is 5.94. The fourth-order valence-corrected chi connectivity index (χ4v) is 0.823. The van der Waals surface area contributed by atoms with Crippen LogP contribution in [-0.4, -0.2) is 17.6 Å². The number of hydrogen-bond donors (Lipinski definition) is 1. The van der Waals surface area contributed by atoms with Crippen LogP contribution in [0.15, 0.2) is 12.3 Å². The minimum Gasteiger partial charge on any atom is -0.256 e. The molecule has 2 nitrogen and oxygen atoms in total. The van der Waals surface area contributed by atoms with Crippen molar-refractivity contribution in [2.75, 3.05) is 0 Å². The maximum absolute atomic E-state index is 11.9. The van der Waals surface area contributed by atoms with E-state index in [1.807, 2.05) is 20.8 Å². The number of nitrogens with one attached hydrogen (secondary N) is 1. The van der Waals surface area contributed by atoms with Gasteiger partial charge in [0.2, 0.25) is 0 Å². The Morgan fingerprint density at radius 1 is 1.50 bits per heavy atom. The molecule has 1 N–H and O–H groups in total. The fraction of sp³-hybridized carbons (Fsp3) is 0.750. The highest BCUT2D eigenvalue weighted by Gasteiger charge is 2.19. The second-order valence-corrected chi connectivity index (χ2v) is 2.17.